The Morgan fingerprint density at radius 3 is 2.36 bits per heavy atom. The topological polar surface area (TPSA) is 32.3 Å². The van der Waals surface area contributed by atoms with E-state index in [2.05, 4.69) is 31.0 Å². The lowest BCUT2D eigenvalue weighted by molar-refractivity contribution is -0.121. The summed E-state index contributed by atoms with van der Waals surface area (Å²) < 4.78 is 0. The molecule has 0 aliphatic carbocycles. The molecular formula is C11H24N2O. The van der Waals surface area contributed by atoms with Gasteiger partial charge in [0, 0.05) is 13.0 Å². The third-order valence-electron chi connectivity index (χ3n) is 2.34. The van der Waals surface area contributed by atoms with Crippen LogP contribution in [-0.2, 0) is 4.79 Å². The Morgan fingerprint density at radius 1 is 1.21 bits per heavy atom. The van der Waals surface area contributed by atoms with Crippen molar-refractivity contribution >= 4 is 5.91 Å². The Balaban J connectivity index is 3.38. The van der Waals surface area contributed by atoms with Crippen molar-refractivity contribution in [3.8, 4) is 0 Å². The van der Waals surface area contributed by atoms with Crippen molar-refractivity contribution in [2.45, 2.75) is 40.0 Å². The van der Waals surface area contributed by atoms with Crippen LogP contribution in [-0.4, -0.2) is 37.0 Å². The van der Waals surface area contributed by atoms with Crippen molar-refractivity contribution in [2.24, 2.45) is 0 Å². The van der Waals surface area contributed by atoms with Gasteiger partial charge in [0.15, 0.2) is 0 Å². The van der Waals surface area contributed by atoms with Gasteiger partial charge in [-0.1, -0.05) is 20.8 Å². The van der Waals surface area contributed by atoms with Crippen LogP contribution in [0.5, 0.6) is 0 Å². The zero-order valence-corrected chi connectivity index (χ0v) is 9.81. The molecule has 0 unspecified atom stereocenters. The molecule has 0 spiro atoms. The average molecular weight is 200 g/mol. The third kappa shape index (κ3) is 6.89. The van der Waals surface area contributed by atoms with Crippen LogP contribution in [0.25, 0.3) is 0 Å². The number of hydrogen-bond donors (Lipinski definition) is 1. The highest BCUT2D eigenvalue weighted by atomic mass is 16.1. The van der Waals surface area contributed by atoms with Crippen molar-refractivity contribution in [3.63, 3.8) is 0 Å². The molecule has 14 heavy (non-hydrogen) atoms. The zero-order valence-electron chi connectivity index (χ0n) is 9.81. The minimum Gasteiger partial charge on any atom is -0.356 e. The SMILES string of the molecule is CCCNC(=O)CCCN(CC)CC. The van der Waals surface area contributed by atoms with Gasteiger partial charge in [-0.3, -0.25) is 4.79 Å². The second kappa shape index (κ2) is 9.00. The molecule has 84 valence electrons. The van der Waals surface area contributed by atoms with Crippen LogP contribution in [0.15, 0.2) is 0 Å². The number of carbonyl (C=O) groups excluding carboxylic acids is 1. The lowest BCUT2D eigenvalue weighted by Crippen LogP contribution is -2.27. The lowest BCUT2D eigenvalue weighted by Gasteiger charge is -2.17. The third-order valence-corrected chi connectivity index (χ3v) is 2.34. The van der Waals surface area contributed by atoms with Gasteiger partial charge in [-0.15, -0.1) is 0 Å². The molecule has 0 atom stereocenters. The maximum Gasteiger partial charge on any atom is 0.220 e. The molecule has 0 aromatic heterocycles. The molecule has 3 heteroatoms. The molecule has 0 aromatic rings. The minimum absolute atomic E-state index is 0.194. The fourth-order valence-corrected chi connectivity index (χ4v) is 1.36. The Morgan fingerprint density at radius 2 is 1.86 bits per heavy atom. The van der Waals surface area contributed by atoms with E-state index in [4.69, 9.17) is 0 Å². The van der Waals surface area contributed by atoms with Crippen LogP contribution in [0, 0.1) is 0 Å². The first-order valence-electron chi connectivity index (χ1n) is 5.73. The summed E-state index contributed by atoms with van der Waals surface area (Å²) in [5, 5.41) is 2.88. The summed E-state index contributed by atoms with van der Waals surface area (Å²) in [5.74, 6) is 0.194. The Hall–Kier alpha value is -0.570. The van der Waals surface area contributed by atoms with E-state index in [0.717, 1.165) is 39.0 Å². The van der Waals surface area contributed by atoms with Gasteiger partial charge in [-0.05, 0) is 32.5 Å². The van der Waals surface area contributed by atoms with Crippen LogP contribution in [0.3, 0.4) is 0 Å². The first-order valence-corrected chi connectivity index (χ1v) is 5.73. The highest BCUT2D eigenvalue weighted by Gasteiger charge is 2.02. The van der Waals surface area contributed by atoms with Crippen LogP contribution in [0.1, 0.15) is 40.0 Å². The molecule has 0 saturated heterocycles. The largest absolute Gasteiger partial charge is 0.356 e. The van der Waals surface area contributed by atoms with Crippen molar-refractivity contribution in [1.29, 1.82) is 0 Å². The summed E-state index contributed by atoms with van der Waals surface area (Å²) in [4.78, 5) is 13.6. The first kappa shape index (κ1) is 13.4. The number of nitrogens with one attached hydrogen (secondary N) is 1. The van der Waals surface area contributed by atoms with Gasteiger partial charge in [-0.2, -0.15) is 0 Å². The summed E-state index contributed by atoms with van der Waals surface area (Å²) in [6, 6.07) is 0. The Kier molecular flexibility index (Phi) is 8.64. The summed E-state index contributed by atoms with van der Waals surface area (Å²) in [6.07, 6.45) is 2.65. The summed E-state index contributed by atoms with van der Waals surface area (Å²) >= 11 is 0. The highest BCUT2D eigenvalue weighted by Crippen LogP contribution is 1.94. The Bertz CT molecular complexity index is 144. The maximum atomic E-state index is 11.2. The number of carbonyl (C=O) groups is 1. The van der Waals surface area contributed by atoms with Crippen molar-refractivity contribution in [3.05, 3.63) is 0 Å². The van der Waals surface area contributed by atoms with E-state index in [9.17, 15) is 4.79 Å². The number of hydrogen-bond acceptors (Lipinski definition) is 2. The molecule has 0 bridgehead atoms. The maximum absolute atomic E-state index is 11.2. The van der Waals surface area contributed by atoms with E-state index in [0.29, 0.717) is 6.42 Å². The second-order valence-electron chi connectivity index (χ2n) is 3.48. The average Bonchev–Trinajstić information content (AvgIpc) is 2.21. The molecule has 1 amide bonds. The van der Waals surface area contributed by atoms with Crippen molar-refractivity contribution < 1.29 is 4.79 Å². The molecule has 0 aliphatic rings. The van der Waals surface area contributed by atoms with E-state index in [1.54, 1.807) is 0 Å². The highest BCUT2D eigenvalue weighted by molar-refractivity contribution is 5.75. The fourth-order valence-electron chi connectivity index (χ4n) is 1.36. The standard InChI is InChI=1S/C11H24N2O/c1-4-9-12-11(14)8-7-10-13(5-2)6-3/h4-10H2,1-3H3,(H,12,14). The number of rotatable bonds is 8. The molecule has 0 saturated carbocycles. The lowest BCUT2D eigenvalue weighted by atomic mass is 10.2. The van der Waals surface area contributed by atoms with Gasteiger partial charge in [0.2, 0.25) is 5.91 Å². The normalized spacial score (nSPS) is 10.6. The van der Waals surface area contributed by atoms with Gasteiger partial charge >= 0.3 is 0 Å². The van der Waals surface area contributed by atoms with Crippen molar-refractivity contribution in [2.75, 3.05) is 26.2 Å². The molecule has 0 radical (unpaired) electrons. The molecule has 0 rings (SSSR count). The van der Waals surface area contributed by atoms with E-state index >= 15 is 0 Å². The van der Waals surface area contributed by atoms with Crippen LogP contribution >= 0.6 is 0 Å². The number of nitrogens with zero attached hydrogens (tertiary/aromatic N) is 1. The van der Waals surface area contributed by atoms with E-state index < -0.39 is 0 Å². The quantitative estimate of drug-likeness (QED) is 0.646. The van der Waals surface area contributed by atoms with Gasteiger partial charge in [0.25, 0.3) is 0 Å². The molecular weight excluding hydrogens is 176 g/mol. The van der Waals surface area contributed by atoms with Gasteiger partial charge in [-0.25, -0.2) is 0 Å². The van der Waals surface area contributed by atoms with Crippen LogP contribution < -0.4 is 5.32 Å². The van der Waals surface area contributed by atoms with E-state index in [1.165, 1.54) is 0 Å². The first-order chi connectivity index (χ1) is 6.74. The zero-order chi connectivity index (χ0) is 10.8. The van der Waals surface area contributed by atoms with E-state index in [1.807, 2.05) is 0 Å². The second-order valence-corrected chi connectivity index (χ2v) is 3.48. The number of amides is 1. The molecule has 1 N–H and O–H groups in total. The minimum atomic E-state index is 0.194. The Labute approximate surface area is 87.9 Å². The molecule has 0 fully saturated rings. The molecule has 0 heterocycles. The van der Waals surface area contributed by atoms with Gasteiger partial charge in [0.05, 0.1) is 0 Å². The van der Waals surface area contributed by atoms with Crippen LogP contribution in [0.2, 0.25) is 0 Å². The van der Waals surface area contributed by atoms with Gasteiger partial charge < -0.3 is 10.2 Å². The predicted molar refractivity (Wildman–Crippen MR) is 60.3 cm³/mol. The summed E-state index contributed by atoms with van der Waals surface area (Å²) in [5.41, 5.74) is 0. The molecule has 3 nitrogen and oxygen atoms in total. The molecule has 0 aliphatic heterocycles. The molecule has 0 aromatic carbocycles. The monoisotopic (exact) mass is 200 g/mol. The predicted octanol–water partition coefficient (Wildman–Crippen LogP) is 1.63. The summed E-state index contributed by atoms with van der Waals surface area (Å²) in [7, 11) is 0. The van der Waals surface area contributed by atoms with Crippen molar-refractivity contribution in [1.82, 2.24) is 10.2 Å². The smallest absolute Gasteiger partial charge is 0.220 e. The van der Waals surface area contributed by atoms with E-state index in [-0.39, 0.29) is 5.91 Å². The fraction of sp³-hybridized carbons (Fsp3) is 0.909. The summed E-state index contributed by atoms with van der Waals surface area (Å²) in [6.45, 7) is 10.4. The van der Waals surface area contributed by atoms with Gasteiger partial charge in [0.1, 0.15) is 0 Å². The van der Waals surface area contributed by atoms with Crippen LogP contribution in [0.4, 0.5) is 0 Å².